The summed E-state index contributed by atoms with van der Waals surface area (Å²) in [5, 5.41) is 1.32. The predicted octanol–water partition coefficient (Wildman–Crippen LogP) is 2.50. The Labute approximate surface area is 118 Å². The average Bonchev–Trinajstić information content (AvgIpc) is 2.38. The topological polar surface area (TPSA) is 30.2 Å². The highest BCUT2D eigenvalue weighted by Gasteiger charge is 2.16. The van der Waals surface area contributed by atoms with Gasteiger partial charge in [0.1, 0.15) is 19.0 Å². The fourth-order valence-electron chi connectivity index (χ4n) is 2.44. The van der Waals surface area contributed by atoms with Crippen LogP contribution < -0.4 is 10.9 Å². The van der Waals surface area contributed by atoms with Crippen molar-refractivity contribution in [3.05, 3.63) is 52.2 Å². The van der Waals surface area contributed by atoms with E-state index in [0.717, 1.165) is 11.0 Å². The fraction of sp³-hybridized carbons (Fsp3) is 0.235. The maximum absolute atomic E-state index is 12.7. The molecular formula is C17H17BO2. The van der Waals surface area contributed by atoms with E-state index in [1.54, 1.807) is 0 Å². The van der Waals surface area contributed by atoms with Gasteiger partial charge < -0.3 is 4.42 Å². The molecule has 0 amide bonds. The molecule has 0 unspecified atom stereocenters. The predicted molar refractivity (Wildman–Crippen MR) is 86.9 cm³/mol. The van der Waals surface area contributed by atoms with E-state index >= 15 is 0 Å². The third-order valence-corrected chi connectivity index (χ3v) is 3.69. The summed E-state index contributed by atoms with van der Waals surface area (Å²) in [5.41, 5.74) is 3.58. The minimum Gasteiger partial charge on any atom is -0.456 e. The number of rotatable bonds is 0. The van der Waals surface area contributed by atoms with Crippen LogP contribution in [0.25, 0.3) is 21.9 Å². The van der Waals surface area contributed by atoms with Crippen molar-refractivity contribution in [3.63, 3.8) is 0 Å². The van der Waals surface area contributed by atoms with Gasteiger partial charge >= 0.3 is 0 Å². The van der Waals surface area contributed by atoms with Gasteiger partial charge in [-0.2, -0.15) is 0 Å². The van der Waals surface area contributed by atoms with Crippen molar-refractivity contribution in [2.24, 2.45) is 0 Å². The highest BCUT2D eigenvalue weighted by Crippen LogP contribution is 2.26. The molecule has 3 rings (SSSR count). The molecule has 3 aromatic rings. The molecule has 0 radical (unpaired) electrons. The molecule has 3 heteroatoms. The van der Waals surface area contributed by atoms with Gasteiger partial charge in [0.05, 0.1) is 10.8 Å². The molecule has 20 heavy (non-hydrogen) atoms. The molecule has 2 nitrogen and oxygen atoms in total. The number of hydrogen-bond acceptors (Lipinski definition) is 2. The summed E-state index contributed by atoms with van der Waals surface area (Å²) >= 11 is 0. The van der Waals surface area contributed by atoms with Crippen LogP contribution in [0.3, 0.4) is 0 Å². The molecule has 0 saturated carbocycles. The number of benzene rings is 2. The first-order chi connectivity index (χ1) is 9.36. The minimum atomic E-state index is 0.0161. The summed E-state index contributed by atoms with van der Waals surface area (Å²) in [4.78, 5) is 12.7. The van der Waals surface area contributed by atoms with E-state index in [-0.39, 0.29) is 10.8 Å². The van der Waals surface area contributed by atoms with Gasteiger partial charge in [-0.05, 0) is 29.2 Å². The Bertz CT molecular complexity index is 870. The maximum Gasteiger partial charge on any atom is 0.200 e. The van der Waals surface area contributed by atoms with Crippen LogP contribution in [0.4, 0.5) is 0 Å². The van der Waals surface area contributed by atoms with Crippen molar-refractivity contribution in [2.45, 2.75) is 26.2 Å². The number of hydrogen-bond donors (Lipinski definition) is 0. The van der Waals surface area contributed by atoms with Crippen molar-refractivity contribution in [1.29, 1.82) is 0 Å². The maximum atomic E-state index is 12.7. The second-order valence-electron chi connectivity index (χ2n) is 6.39. The number of fused-ring (bicyclic) bond motifs is 2. The lowest BCUT2D eigenvalue weighted by molar-refractivity contribution is 0.590. The van der Waals surface area contributed by atoms with Crippen LogP contribution in [0.1, 0.15) is 26.3 Å². The minimum absolute atomic E-state index is 0.0161. The molecule has 0 spiro atoms. The standard InChI is InChI=1S/C17H17BO2/c1-17(2,3)10-4-6-14-12(8-10)16(19)13-9-11(18)5-7-15(13)20-14/h4-9H,18H2,1-3H3. The van der Waals surface area contributed by atoms with Gasteiger partial charge in [-0.15, -0.1) is 0 Å². The van der Waals surface area contributed by atoms with Crippen molar-refractivity contribution in [3.8, 4) is 0 Å². The highest BCUT2D eigenvalue weighted by molar-refractivity contribution is 6.33. The monoisotopic (exact) mass is 264 g/mol. The Balaban J connectivity index is 2.43. The zero-order valence-corrected chi connectivity index (χ0v) is 12.3. The van der Waals surface area contributed by atoms with Gasteiger partial charge in [-0.3, -0.25) is 4.79 Å². The van der Waals surface area contributed by atoms with E-state index in [4.69, 9.17) is 4.42 Å². The third-order valence-electron chi connectivity index (χ3n) is 3.69. The van der Waals surface area contributed by atoms with Gasteiger partial charge in [0.15, 0.2) is 0 Å². The molecule has 1 heterocycles. The Kier molecular flexibility index (Phi) is 2.75. The molecule has 0 bridgehead atoms. The molecule has 0 fully saturated rings. The van der Waals surface area contributed by atoms with E-state index in [9.17, 15) is 4.79 Å². The molecule has 0 aliphatic heterocycles. The molecule has 1 aromatic heterocycles. The zero-order chi connectivity index (χ0) is 14.5. The lowest BCUT2D eigenvalue weighted by Crippen LogP contribution is -2.13. The van der Waals surface area contributed by atoms with E-state index in [0.29, 0.717) is 21.9 Å². The van der Waals surface area contributed by atoms with Gasteiger partial charge in [0.25, 0.3) is 0 Å². The normalized spacial score (nSPS) is 12.2. The van der Waals surface area contributed by atoms with Crippen LogP contribution in [-0.4, -0.2) is 7.85 Å². The molecule has 0 saturated heterocycles. The van der Waals surface area contributed by atoms with Gasteiger partial charge in [0.2, 0.25) is 5.43 Å². The fourth-order valence-corrected chi connectivity index (χ4v) is 2.44. The molecule has 0 atom stereocenters. The Morgan fingerprint density at radius 2 is 1.55 bits per heavy atom. The van der Waals surface area contributed by atoms with Crippen LogP contribution in [-0.2, 0) is 5.41 Å². The Morgan fingerprint density at radius 1 is 0.950 bits per heavy atom. The summed E-state index contributed by atoms with van der Waals surface area (Å²) in [6, 6.07) is 11.6. The van der Waals surface area contributed by atoms with Gasteiger partial charge in [-0.25, -0.2) is 0 Å². The van der Waals surface area contributed by atoms with Crippen LogP contribution in [0, 0.1) is 0 Å². The van der Waals surface area contributed by atoms with Crippen LogP contribution in [0.15, 0.2) is 45.6 Å². The van der Waals surface area contributed by atoms with Crippen molar-refractivity contribution < 1.29 is 4.42 Å². The Morgan fingerprint density at radius 3 is 2.20 bits per heavy atom. The molecule has 0 N–H and O–H groups in total. The van der Waals surface area contributed by atoms with Gasteiger partial charge in [0, 0.05) is 0 Å². The summed E-state index contributed by atoms with van der Waals surface area (Å²) in [7, 11) is 1.98. The first-order valence-corrected chi connectivity index (χ1v) is 6.84. The third kappa shape index (κ3) is 2.03. The van der Waals surface area contributed by atoms with E-state index in [1.165, 1.54) is 0 Å². The molecular weight excluding hydrogens is 247 g/mol. The van der Waals surface area contributed by atoms with E-state index < -0.39 is 0 Å². The first-order valence-electron chi connectivity index (χ1n) is 6.84. The quantitative estimate of drug-likeness (QED) is 0.461. The van der Waals surface area contributed by atoms with E-state index in [2.05, 4.69) is 20.8 Å². The highest BCUT2D eigenvalue weighted by atomic mass is 16.3. The zero-order valence-electron chi connectivity index (χ0n) is 12.3. The van der Waals surface area contributed by atoms with Crippen molar-refractivity contribution in [1.82, 2.24) is 0 Å². The second-order valence-corrected chi connectivity index (χ2v) is 6.39. The summed E-state index contributed by atoms with van der Waals surface area (Å²) < 4.78 is 5.85. The van der Waals surface area contributed by atoms with Gasteiger partial charge in [-0.1, -0.05) is 44.4 Å². The van der Waals surface area contributed by atoms with Crippen LogP contribution in [0.5, 0.6) is 0 Å². The lowest BCUT2D eigenvalue weighted by Gasteiger charge is -2.19. The van der Waals surface area contributed by atoms with Crippen LogP contribution >= 0.6 is 0 Å². The average molecular weight is 264 g/mol. The smallest absolute Gasteiger partial charge is 0.200 e. The van der Waals surface area contributed by atoms with E-state index in [1.807, 2.05) is 44.2 Å². The lowest BCUT2D eigenvalue weighted by atomic mass is 9.86. The van der Waals surface area contributed by atoms with Crippen LogP contribution in [0.2, 0.25) is 0 Å². The molecule has 100 valence electrons. The summed E-state index contributed by atoms with van der Waals surface area (Å²) in [6.45, 7) is 6.42. The summed E-state index contributed by atoms with van der Waals surface area (Å²) in [6.07, 6.45) is 0. The molecule has 0 aliphatic carbocycles. The SMILES string of the molecule is Bc1ccc2oc3ccc(C(C)(C)C)cc3c(=O)c2c1. The summed E-state index contributed by atoms with van der Waals surface area (Å²) in [5.74, 6) is 0. The Hall–Kier alpha value is -2.03. The largest absolute Gasteiger partial charge is 0.456 e. The molecule has 2 aromatic carbocycles. The molecule has 0 aliphatic rings. The van der Waals surface area contributed by atoms with Crippen molar-refractivity contribution in [2.75, 3.05) is 0 Å². The van der Waals surface area contributed by atoms with Crippen molar-refractivity contribution >= 4 is 35.2 Å². The second kappa shape index (κ2) is 4.24. The first kappa shape index (κ1) is 13.0.